The van der Waals surface area contributed by atoms with Gasteiger partial charge in [-0.1, -0.05) is 109 Å². The highest BCUT2D eigenvalue weighted by Crippen LogP contribution is 2.43. The summed E-state index contributed by atoms with van der Waals surface area (Å²) < 4.78 is 276. The van der Waals surface area contributed by atoms with E-state index in [1.807, 2.05) is 0 Å². The maximum atomic E-state index is 10.1. The number of rotatable bonds is 5. The zero-order chi connectivity index (χ0) is 58.4. The molecule has 0 aliphatic carbocycles. The molecule has 3 nitrogen and oxygen atoms in total. The summed E-state index contributed by atoms with van der Waals surface area (Å²) in [4.78, 5) is 0.396. The number of nitrogens with zero attached hydrogens (tertiary/aromatic N) is 2. The van der Waals surface area contributed by atoms with Gasteiger partial charge in [-0.15, -0.1) is 0 Å². The molecule has 2 aromatic heterocycles. The van der Waals surface area contributed by atoms with Gasteiger partial charge < -0.3 is 13.9 Å². The van der Waals surface area contributed by atoms with Gasteiger partial charge in [-0.05, 0) is 89.0 Å². The molecule has 0 radical (unpaired) electrons. The summed E-state index contributed by atoms with van der Waals surface area (Å²) in [5.74, 6) is 0. The smallest absolute Gasteiger partial charge is 0.143 e. The van der Waals surface area contributed by atoms with E-state index in [1.165, 1.54) is 0 Å². The molecule has 0 spiro atoms. The van der Waals surface area contributed by atoms with Crippen LogP contribution in [0, 0.1) is 0 Å². The van der Waals surface area contributed by atoms with Crippen LogP contribution in [0.15, 0.2) is 186 Å². The lowest BCUT2D eigenvalue weighted by Gasteiger charge is -2.26. The molecule has 0 aliphatic rings. The van der Waals surface area contributed by atoms with Crippen molar-refractivity contribution in [2.45, 2.75) is 0 Å². The third kappa shape index (κ3) is 4.44. The number of para-hydroxylation sites is 2. The summed E-state index contributed by atoms with van der Waals surface area (Å²) in [7, 11) is 0. The molecule has 0 amide bonds. The molecule has 0 saturated heterocycles. The molecule has 3 heteroatoms. The molecule has 2 heterocycles. The van der Waals surface area contributed by atoms with Gasteiger partial charge in [0.2, 0.25) is 0 Å². The van der Waals surface area contributed by atoms with Crippen molar-refractivity contribution < 1.29 is 45.5 Å². The third-order valence-corrected chi connectivity index (χ3v) is 7.56. The van der Waals surface area contributed by atoms with E-state index < -0.39 is 270 Å². The minimum Gasteiger partial charge on any atom is -0.455 e. The summed E-state index contributed by atoms with van der Waals surface area (Å²) in [6.45, 7) is 0. The molecule has 49 heavy (non-hydrogen) atoms. The predicted octanol–water partition coefficient (Wildman–Crippen LogP) is 13.0. The number of anilines is 3. The Labute approximate surface area is 325 Å². The Morgan fingerprint density at radius 1 is 0.429 bits per heavy atom. The number of hydrogen-bond donors (Lipinski definition) is 0. The second-order valence-electron chi connectivity index (χ2n) is 10.3. The lowest BCUT2D eigenvalue weighted by atomic mass is 10.0. The Morgan fingerprint density at radius 2 is 1.04 bits per heavy atom. The van der Waals surface area contributed by atoms with Gasteiger partial charge >= 0.3 is 0 Å². The first-order valence-corrected chi connectivity index (χ1v) is 14.2. The van der Waals surface area contributed by atoms with E-state index in [9.17, 15) is 16.4 Å². The highest BCUT2D eigenvalue weighted by molar-refractivity contribution is 6.16. The van der Waals surface area contributed by atoms with E-state index in [1.54, 1.807) is 0 Å². The van der Waals surface area contributed by atoms with Crippen LogP contribution in [0.5, 0.6) is 0 Å². The molecule has 0 atom stereocenters. The van der Waals surface area contributed by atoms with Crippen LogP contribution in [-0.4, -0.2) is 4.57 Å². The zero-order valence-electron chi connectivity index (χ0n) is 54.3. The first-order chi connectivity index (χ1) is 36.8. The fraction of sp³-hybridized carbons (Fsp3) is 0. The van der Waals surface area contributed by atoms with Gasteiger partial charge in [-0.3, -0.25) is 0 Å². The minimum absolute atomic E-state index is 0.396. The Balaban J connectivity index is 1.47. The first-order valence-electron chi connectivity index (χ1n) is 29.2. The average molecular weight is 657 g/mol. The van der Waals surface area contributed by atoms with Crippen LogP contribution >= 0.6 is 0 Å². The van der Waals surface area contributed by atoms with Crippen LogP contribution in [0.4, 0.5) is 17.1 Å². The average Bonchev–Trinajstić information content (AvgIpc) is 4.24. The van der Waals surface area contributed by atoms with Crippen LogP contribution in [0.3, 0.4) is 0 Å². The number of benzene rings is 8. The van der Waals surface area contributed by atoms with Crippen LogP contribution in [0.25, 0.3) is 71.3 Å². The van der Waals surface area contributed by atoms with Crippen molar-refractivity contribution in [3.05, 3.63) is 181 Å². The molecule has 0 aliphatic heterocycles. The minimum atomic E-state index is -1.25. The summed E-state index contributed by atoms with van der Waals surface area (Å²) in [6.07, 6.45) is 0. The van der Waals surface area contributed by atoms with E-state index in [-0.39, 0.29) is 0 Å². The standard InChI is InChI=1S/C46H30N2O/c1-3-11-31(12-4-1)32-19-22-35(23-20-32)47(37-25-28-45-42(30-37)40-26-21-33-13-7-8-16-38(33)46(40)49-45)36-24-27-44-41(29-36)39-17-9-10-18-43(39)48(44)34-14-5-2-6-15-34/h1-30H/i1D,2D,3D,4D,5D,6D,7D,8D,9D,10D,11D,12D,13D,14D,15D,16D,17D,18D,19D,20D,21D,22D,23D,24D,25D,26D,27D,28D,29D,30D. The van der Waals surface area contributed by atoms with Crippen molar-refractivity contribution in [1.82, 2.24) is 4.57 Å². The van der Waals surface area contributed by atoms with Crippen molar-refractivity contribution in [2.24, 2.45) is 0 Å². The van der Waals surface area contributed by atoms with Crippen LogP contribution < -0.4 is 4.90 Å². The van der Waals surface area contributed by atoms with Crippen molar-refractivity contribution in [3.8, 4) is 16.8 Å². The van der Waals surface area contributed by atoms with E-state index in [0.717, 1.165) is 0 Å². The third-order valence-electron chi connectivity index (χ3n) is 7.56. The lowest BCUT2D eigenvalue weighted by molar-refractivity contribution is 0.672. The number of furan rings is 1. The molecular weight excluding hydrogens is 597 g/mol. The second-order valence-corrected chi connectivity index (χ2v) is 10.3. The zero-order valence-corrected chi connectivity index (χ0v) is 24.3. The molecule has 0 bridgehead atoms. The predicted molar refractivity (Wildman–Crippen MR) is 206 cm³/mol. The molecule has 10 rings (SSSR count). The van der Waals surface area contributed by atoms with E-state index >= 15 is 0 Å². The lowest BCUT2D eigenvalue weighted by Crippen LogP contribution is -2.09. The summed E-state index contributed by atoms with van der Waals surface area (Å²) in [5.41, 5.74) is -8.61. The molecule has 10 aromatic rings. The number of hydrogen-bond acceptors (Lipinski definition) is 2. The van der Waals surface area contributed by atoms with Crippen molar-refractivity contribution >= 4 is 71.6 Å². The Hall–Kier alpha value is -6.58. The number of aromatic nitrogens is 1. The molecule has 0 fully saturated rings. The van der Waals surface area contributed by atoms with Crippen LogP contribution in [0.1, 0.15) is 41.1 Å². The second kappa shape index (κ2) is 11.0. The van der Waals surface area contributed by atoms with E-state index in [2.05, 4.69) is 0 Å². The van der Waals surface area contributed by atoms with Gasteiger partial charge in [0.25, 0.3) is 0 Å². The Bertz CT molecular complexity index is 4480. The monoisotopic (exact) mass is 656 g/mol. The molecule has 230 valence electrons. The van der Waals surface area contributed by atoms with Crippen molar-refractivity contribution in [1.29, 1.82) is 0 Å². The fourth-order valence-electron chi connectivity index (χ4n) is 5.46. The van der Waals surface area contributed by atoms with Gasteiger partial charge in [0.15, 0.2) is 0 Å². The largest absolute Gasteiger partial charge is 0.455 e. The molecular formula is C46H30N2O. The van der Waals surface area contributed by atoms with Crippen molar-refractivity contribution in [2.75, 3.05) is 4.90 Å². The van der Waals surface area contributed by atoms with Gasteiger partial charge in [-0.2, -0.15) is 0 Å². The SMILES string of the molecule is [2H]c1c([2H])c([2H])c(-c2c([2H])c([2H])c(N(c3c([2H])c([2H])c4oc5c6c([2H])c([2H])c([2H])c([2H])c6c([2H])c([2H])c5c4c3[2H])c3c([2H])c([2H])c4c(c3[2H])c3c([2H])c([2H])c([2H])c([2H])c3n4-c3c([2H])c([2H])c([2H])c([2H])c3[2H])c([2H])c2[2H])c([2H])c1[2H]. The maximum absolute atomic E-state index is 10.1. The molecule has 0 saturated carbocycles. The molecule has 8 aromatic carbocycles. The van der Waals surface area contributed by atoms with Gasteiger partial charge in [0, 0.05) is 49.7 Å². The van der Waals surface area contributed by atoms with E-state index in [4.69, 9.17) is 29.1 Å². The Morgan fingerprint density at radius 3 is 1.86 bits per heavy atom. The molecule has 0 N–H and O–H groups in total. The fourth-order valence-corrected chi connectivity index (χ4v) is 5.46. The summed E-state index contributed by atoms with van der Waals surface area (Å²) in [6, 6.07) is -29.8. The van der Waals surface area contributed by atoms with Crippen molar-refractivity contribution in [3.63, 3.8) is 0 Å². The Kier molecular flexibility index (Phi) is 2.47. The summed E-state index contributed by atoms with van der Waals surface area (Å²) >= 11 is 0. The van der Waals surface area contributed by atoms with Crippen LogP contribution in [-0.2, 0) is 0 Å². The highest BCUT2D eigenvalue weighted by atomic mass is 16.3. The van der Waals surface area contributed by atoms with Crippen LogP contribution in [0.2, 0.25) is 0 Å². The number of fused-ring (bicyclic) bond motifs is 8. The maximum Gasteiger partial charge on any atom is 0.143 e. The van der Waals surface area contributed by atoms with Gasteiger partial charge in [-0.25, -0.2) is 0 Å². The quantitative estimate of drug-likeness (QED) is 0.184. The normalized spacial score (nSPS) is 20.2. The first kappa shape index (κ1) is 11.0. The summed E-state index contributed by atoms with van der Waals surface area (Å²) in [5, 5.41) is -3.67. The van der Waals surface area contributed by atoms with Gasteiger partial charge in [0.05, 0.1) is 52.2 Å². The van der Waals surface area contributed by atoms with Gasteiger partial charge in [0.1, 0.15) is 11.2 Å². The molecule has 0 unspecified atom stereocenters. The van der Waals surface area contributed by atoms with E-state index in [0.29, 0.717) is 9.47 Å². The topological polar surface area (TPSA) is 21.3 Å². The highest BCUT2D eigenvalue weighted by Gasteiger charge is 2.19.